The highest BCUT2D eigenvalue weighted by Gasteiger charge is 2.09. The molecular weight excluding hydrogens is 324 g/mol. The van der Waals surface area contributed by atoms with Crippen molar-refractivity contribution in [2.45, 2.75) is 26.0 Å². The SMILES string of the molecule is COCc1nc2ccccc2n1CCCCOc1ccccc1Cl. The van der Waals surface area contributed by atoms with Gasteiger partial charge in [-0.05, 0) is 37.1 Å². The summed E-state index contributed by atoms with van der Waals surface area (Å²) in [6.45, 7) is 2.06. The molecule has 0 saturated heterocycles. The molecule has 0 aliphatic heterocycles. The molecule has 0 atom stereocenters. The van der Waals surface area contributed by atoms with Crippen LogP contribution in [0.5, 0.6) is 5.75 Å². The van der Waals surface area contributed by atoms with Gasteiger partial charge in [-0.2, -0.15) is 0 Å². The zero-order valence-corrected chi connectivity index (χ0v) is 14.5. The fourth-order valence-corrected chi connectivity index (χ4v) is 2.92. The third-order valence-corrected chi connectivity index (χ3v) is 4.19. The van der Waals surface area contributed by atoms with Crippen molar-refractivity contribution in [2.75, 3.05) is 13.7 Å². The van der Waals surface area contributed by atoms with E-state index < -0.39 is 0 Å². The maximum atomic E-state index is 6.09. The summed E-state index contributed by atoms with van der Waals surface area (Å²) >= 11 is 6.09. The molecule has 0 saturated carbocycles. The summed E-state index contributed by atoms with van der Waals surface area (Å²) in [5, 5.41) is 0.653. The van der Waals surface area contributed by atoms with Crippen molar-refractivity contribution in [1.82, 2.24) is 9.55 Å². The first kappa shape index (κ1) is 16.8. The number of imidazole rings is 1. The van der Waals surface area contributed by atoms with Gasteiger partial charge < -0.3 is 14.0 Å². The van der Waals surface area contributed by atoms with E-state index in [0.717, 1.165) is 42.0 Å². The van der Waals surface area contributed by atoms with Gasteiger partial charge in [0.05, 0.1) is 22.7 Å². The van der Waals surface area contributed by atoms with Crippen LogP contribution in [-0.2, 0) is 17.9 Å². The standard InChI is InChI=1S/C19H21ClN2O2/c1-23-14-19-21-16-9-3-4-10-17(16)22(19)12-6-7-13-24-18-11-5-2-8-15(18)20/h2-5,8-11H,6-7,12-14H2,1H3. The maximum Gasteiger partial charge on any atom is 0.137 e. The lowest BCUT2D eigenvalue weighted by Crippen LogP contribution is -2.07. The van der Waals surface area contributed by atoms with E-state index in [1.165, 1.54) is 0 Å². The number of hydrogen-bond donors (Lipinski definition) is 0. The van der Waals surface area contributed by atoms with E-state index in [-0.39, 0.29) is 0 Å². The number of methoxy groups -OCH3 is 1. The van der Waals surface area contributed by atoms with Crippen LogP contribution >= 0.6 is 11.6 Å². The van der Waals surface area contributed by atoms with Crippen molar-refractivity contribution in [3.63, 3.8) is 0 Å². The number of aryl methyl sites for hydroxylation is 1. The average molecular weight is 345 g/mol. The number of halogens is 1. The highest BCUT2D eigenvalue weighted by atomic mass is 35.5. The summed E-state index contributed by atoms with van der Waals surface area (Å²) < 4.78 is 13.2. The second kappa shape index (κ2) is 8.18. The number of nitrogens with zero attached hydrogens (tertiary/aromatic N) is 2. The zero-order chi connectivity index (χ0) is 16.8. The molecule has 1 heterocycles. The minimum Gasteiger partial charge on any atom is -0.492 e. The molecule has 3 aromatic rings. The second-order valence-electron chi connectivity index (χ2n) is 5.59. The summed E-state index contributed by atoms with van der Waals surface area (Å²) in [5.41, 5.74) is 2.16. The Hall–Kier alpha value is -2.04. The summed E-state index contributed by atoms with van der Waals surface area (Å²) in [6.07, 6.45) is 1.95. The third-order valence-electron chi connectivity index (χ3n) is 3.88. The Morgan fingerprint density at radius 1 is 1.04 bits per heavy atom. The van der Waals surface area contributed by atoms with Crippen LogP contribution in [0.15, 0.2) is 48.5 Å². The fourth-order valence-electron chi connectivity index (χ4n) is 2.73. The predicted octanol–water partition coefficient (Wildman–Crippen LogP) is 4.70. The number of ether oxygens (including phenoxy) is 2. The van der Waals surface area contributed by atoms with Crippen LogP contribution in [0.3, 0.4) is 0 Å². The lowest BCUT2D eigenvalue weighted by atomic mass is 10.3. The molecule has 0 aliphatic carbocycles. The van der Waals surface area contributed by atoms with E-state index in [9.17, 15) is 0 Å². The molecule has 0 radical (unpaired) electrons. The number of benzene rings is 2. The van der Waals surface area contributed by atoms with Gasteiger partial charge in [-0.3, -0.25) is 0 Å². The highest BCUT2D eigenvalue weighted by Crippen LogP contribution is 2.23. The molecule has 0 unspecified atom stereocenters. The summed E-state index contributed by atoms with van der Waals surface area (Å²) in [5.74, 6) is 1.71. The minimum atomic E-state index is 0.519. The minimum absolute atomic E-state index is 0.519. The molecule has 0 bridgehead atoms. The molecule has 126 valence electrons. The van der Waals surface area contributed by atoms with Crippen LogP contribution in [-0.4, -0.2) is 23.3 Å². The Morgan fingerprint density at radius 3 is 2.67 bits per heavy atom. The van der Waals surface area contributed by atoms with Crippen LogP contribution in [0.2, 0.25) is 5.02 Å². The van der Waals surface area contributed by atoms with Crippen LogP contribution in [0.1, 0.15) is 18.7 Å². The topological polar surface area (TPSA) is 36.3 Å². The number of para-hydroxylation sites is 3. The summed E-state index contributed by atoms with van der Waals surface area (Å²) in [4.78, 5) is 4.65. The molecule has 0 amide bonds. The molecule has 24 heavy (non-hydrogen) atoms. The fraction of sp³-hybridized carbons (Fsp3) is 0.316. The Labute approximate surface area is 147 Å². The van der Waals surface area contributed by atoms with E-state index in [4.69, 9.17) is 21.1 Å². The Kier molecular flexibility index (Phi) is 5.72. The van der Waals surface area contributed by atoms with E-state index in [1.807, 2.05) is 42.5 Å². The van der Waals surface area contributed by atoms with Crippen molar-refractivity contribution >= 4 is 22.6 Å². The Bertz CT molecular complexity index is 801. The van der Waals surface area contributed by atoms with Crippen LogP contribution in [0.25, 0.3) is 11.0 Å². The van der Waals surface area contributed by atoms with E-state index in [1.54, 1.807) is 7.11 Å². The van der Waals surface area contributed by atoms with Gasteiger partial charge in [0, 0.05) is 13.7 Å². The molecule has 2 aromatic carbocycles. The van der Waals surface area contributed by atoms with Crippen molar-refractivity contribution < 1.29 is 9.47 Å². The Balaban J connectivity index is 1.57. The normalized spacial score (nSPS) is 11.1. The van der Waals surface area contributed by atoms with E-state index in [0.29, 0.717) is 18.2 Å². The largest absolute Gasteiger partial charge is 0.492 e. The smallest absolute Gasteiger partial charge is 0.137 e. The zero-order valence-electron chi connectivity index (χ0n) is 13.7. The lowest BCUT2D eigenvalue weighted by molar-refractivity contribution is 0.174. The molecule has 1 aromatic heterocycles. The van der Waals surface area contributed by atoms with Gasteiger partial charge in [0.25, 0.3) is 0 Å². The molecule has 4 nitrogen and oxygen atoms in total. The maximum absolute atomic E-state index is 6.09. The molecule has 5 heteroatoms. The molecule has 0 fully saturated rings. The second-order valence-corrected chi connectivity index (χ2v) is 5.99. The van der Waals surface area contributed by atoms with Crippen molar-refractivity contribution in [3.05, 3.63) is 59.4 Å². The molecular formula is C19H21ClN2O2. The number of unbranched alkanes of at least 4 members (excludes halogenated alkanes) is 1. The quantitative estimate of drug-likeness (QED) is 0.556. The van der Waals surface area contributed by atoms with Crippen LogP contribution in [0, 0.1) is 0 Å². The molecule has 0 spiro atoms. The third kappa shape index (κ3) is 3.89. The van der Waals surface area contributed by atoms with Gasteiger partial charge in [0.1, 0.15) is 18.2 Å². The highest BCUT2D eigenvalue weighted by molar-refractivity contribution is 6.32. The number of aromatic nitrogens is 2. The Morgan fingerprint density at radius 2 is 1.83 bits per heavy atom. The van der Waals surface area contributed by atoms with Gasteiger partial charge in [-0.15, -0.1) is 0 Å². The van der Waals surface area contributed by atoms with Gasteiger partial charge in [0.15, 0.2) is 0 Å². The summed E-state index contributed by atoms with van der Waals surface area (Å²) in [6, 6.07) is 15.7. The lowest BCUT2D eigenvalue weighted by Gasteiger charge is -2.10. The van der Waals surface area contributed by atoms with E-state index in [2.05, 4.69) is 15.6 Å². The van der Waals surface area contributed by atoms with Crippen molar-refractivity contribution in [2.24, 2.45) is 0 Å². The number of rotatable bonds is 8. The van der Waals surface area contributed by atoms with Crippen molar-refractivity contribution in [1.29, 1.82) is 0 Å². The van der Waals surface area contributed by atoms with E-state index >= 15 is 0 Å². The average Bonchev–Trinajstić information content (AvgIpc) is 2.94. The van der Waals surface area contributed by atoms with Crippen LogP contribution in [0.4, 0.5) is 0 Å². The first-order chi connectivity index (χ1) is 11.8. The summed E-state index contributed by atoms with van der Waals surface area (Å²) in [7, 11) is 1.70. The number of fused-ring (bicyclic) bond motifs is 1. The van der Waals surface area contributed by atoms with Crippen molar-refractivity contribution in [3.8, 4) is 5.75 Å². The molecule has 3 rings (SSSR count). The number of hydrogen-bond acceptors (Lipinski definition) is 3. The monoisotopic (exact) mass is 344 g/mol. The first-order valence-electron chi connectivity index (χ1n) is 8.10. The predicted molar refractivity (Wildman–Crippen MR) is 96.6 cm³/mol. The van der Waals surface area contributed by atoms with Crippen LogP contribution < -0.4 is 4.74 Å². The first-order valence-corrected chi connectivity index (χ1v) is 8.48. The molecule has 0 aliphatic rings. The van der Waals surface area contributed by atoms with Gasteiger partial charge in [-0.1, -0.05) is 35.9 Å². The van der Waals surface area contributed by atoms with Gasteiger partial charge in [-0.25, -0.2) is 4.98 Å². The van der Waals surface area contributed by atoms with Gasteiger partial charge >= 0.3 is 0 Å². The van der Waals surface area contributed by atoms with Gasteiger partial charge in [0.2, 0.25) is 0 Å². The molecule has 0 N–H and O–H groups in total.